The summed E-state index contributed by atoms with van der Waals surface area (Å²) in [5, 5.41) is 3.73. The van der Waals surface area contributed by atoms with Gasteiger partial charge >= 0.3 is 0 Å². The molecule has 3 aromatic heterocycles. The second-order valence-electron chi connectivity index (χ2n) is 8.98. The molecule has 1 unspecified atom stereocenters. The minimum atomic E-state index is 0.344. The molecule has 1 atom stereocenters. The summed E-state index contributed by atoms with van der Waals surface area (Å²) in [6.45, 7) is 3.27. The van der Waals surface area contributed by atoms with Gasteiger partial charge in [0.25, 0.3) is 0 Å². The molecule has 3 heterocycles. The maximum atomic E-state index is 4.65. The topological polar surface area (TPSA) is 53.9 Å². The molecule has 0 saturated carbocycles. The van der Waals surface area contributed by atoms with Crippen LogP contribution in [0.2, 0.25) is 0 Å². The van der Waals surface area contributed by atoms with E-state index in [1.165, 1.54) is 28.8 Å². The van der Waals surface area contributed by atoms with Gasteiger partial charge in [0.15, 0.2) is 0 Å². The van der Waals surface area contributed by atoms with Gasteiger partial charge in [0.05, 0.1) is 23.1 Å². The number of benzene rings is 1. The minimum Gasteiger partial charge on any atom is -0.305 e. The highest BCUT2D eigenvalue weighted by Gasteiger charge is 2.20. The summed E-state index contributed by atoms with van der Waals surface area (Å²) < 4.78 is 0. The molecule has 1 aliphatic rings. The van der Waals surface area contributed by atoms with E-state index in [2.05, 4.69) is 67.6 Å². The fourth-order valence-corrected chi connectivity index (χ4v) is 4.68. The van der Waals surface area contributed by atoms with Gasteiger partial charge < -0.3 is 5.32 Å². The average Bonchev–Trinajstić information content (AvgIpc) is 2.89. The molecule has 1 N–H and O–H groups in total. The van der Waals surface area contributed by atoms with Crippen molar-refractivity contribution in [3.05, 3.63) is 125 Å². The molecule has 4 aromatic rings. The third-order valence-electron chi connectivity index (χ3n) is 6.40. The maximum absolute atomic E-state index is 4.65. The van der Waals surface area contributed by atoms with Gasteiger partial charge in [-0.3, -0.25) is 19.9 Å². The molecule has 34 heavy (non-hydrogen) atoms. The SMILES string of the molecule is c1ccc(CN(Cc2ccc(CNC3CCCc4cccnc43)cc2)Cc2ccccn2)nc1. The van der Waals surface area contributed by atoms with Crippen LogP contribution in [0.15, 0.2) is 91.4 Å². The molecule has 5 heteroatoms. The summed E-state index contributed by atoms with van der Waals surface area (Å²) in [7, 11) is 0. The molecular formula is C29H31N5. The van der Waals surface area contributed by atoms with Crippen LogP contribution in [0.4, 0.5) is 0 Å². The molecule has 172 valence electrons. The van der Waals surface area contributed by atoms with Crippen LogP contribution in [-0.4, -0.2) is 19.9 Å². The smallest absolute Gasteiger partial charge is 0.0605 e. The number of hydrogen-bond donors (Lipinski definition) is 1. The van der Waals surface area contributed by atoms with Crippen molar-refractivity contribution < 1.29 is 0 Å². The van der Waals surface area contributed by atoms with Crippen molar-refractivity contribution in [2.75, 3.05) is 0 Å². The van der Waals surface area contributed by atoms with Gasteiger partial charge in [-0.05, 0) is 66.3 Å². The van der Waals surface area contributed by atoms with Crippen LogP contribution in [0, 0.1) is 0 Å². The zero-order valence-electron chi connectivity index (χ0n) is 19.5. The van der Waals surface area contributed by atoms with Crippen LogP contribution in [0.5, 0.6) is 0 Å². The minimum absolute atomic E-state index is 0.344. The lowest BCUT2D eigenvalue weighted by atomic mass is 9.92. The lowest BCUT2D eigenvalue weighted by Gasteiger charge is -2.25. The Morgan fingerprint density at radius 1 is 0.706 bits per heavy atom. The third-order valence-corrected chi connectivity index (χ3v) is 6.40. The highest BCUT2D eigenvalue weighted by Crippen LogP contribution is 2.28. The van der Waals surface area contributed by atoms with E-state index in [0.717, 1.165) is 50.4 Å². The van der Waals surface area contributed by atoms with E-state index in [0.29, 0.717) is 6.04 Å². The Balaban J connectivity index is 1.22. The van der Waals surface area contributed by atoms with Crippen LogP contribution >= 0.6 is 0 Å². The van der Waals surface area contributed by atoms with Crippen LogP contribution in [0.3, 0.4) is 0 Å². The fraction of sp³-hybridized carbons (Fsp3) is 0.276. The van der Waals surface area contributed by atoms with E-state index in [1.807, 2.05) is 48.9 Å². The number of aromatic nitrogens is 3. The van der Waals surface area contributed by atoms with Crippen LogP contribution in [0.25, 0.3) is 0 Å². The van der Waals surface area contributed by atoms with Crippen molar-refractivity contribution in [1.29, 1.82) is 0 Å². The van der Waals surface area contributed by atoms with Crippen molar-refractivity contribution in [3.63, 3.8) is 0 Å². The monoisotopic (exact) mass is 449 g/mol. The number of fused-ring (bicyclic) bond motifs is 1. The molecule has 0 radical (unpaired) electrons. The Morgan fingerprint density at radius 2 is 1.38 bits per heavy atom. The molecule has 0 amide bonds. The Bertz CT molecular complexity index is 1120. The highest BCUT2D eigenvalue weighted by atomic mass is 15.1. The second-order valence-corrected chi connectivity index (χ2v) is 8.98. The van der Waals surface area contributed by atoms with Crippen molar-refractivity contribution in [2.24, 2.45) is 0 Å². The molecule has 1 aliphatic carbocycles. The summed E-state index contributed by atoms with van der Waals surface area (Å²) in [4.78, 5) is 16.1. The van der Waals surface area contributed by atoms with E-state index < -0.39 is 0 Å². The first-order valence-electron chi connectivity index (χ1n) is 12.1. The zero-order chi connectivity index (χ0) is 23.0. The Labute approximate surface area is 201 Å². The predicted molar refractivity (Wildman–Crippen MR) is 135 cm³/mol. The van der Waals surface area contributed by atoms with Crippen molar-refractivity contribution >= 4 is 0 Å². The van der Waals surface area contributed by atoms with E-state index in [4.69, 9.17) is 0 Å². The molecule has 5 rings (SSSR count). The molecule has 0 saturated heterocycles. The lowest BCUT2D eigenvalue weighted by Crippen LogP contribution is -2.26. The molecule has 0 aliphatic heterocycles. The molecular weight excluding hydrogens is 418 g/mol. The number of nitrogens with one attached hydrogen (secondary N) is 1. The number of nitrogens with zero attached hydrogens (tertiary/aromatic N) is 4. The number of aryl methyl sites for hydroxylation is 1. The van der Waals surface area contributed by atoms with Crippen LogP contribution in [0.1, 0.15) is 52.7 Å². The maximum Gasteiger partial charge on any atom is 0.0605 e. The van der Waals surface area contributed by atoms with Crippen molar-refractivity contribution in [2.45, 2.75) is 51.5 Å². The van der Waals surface area contributed by atoms with Gasteiger partial charge in [-0.15, -0.1) is 0 Å². The van der Waals surface area contributed by atoms with Gasteiger partial charge in [0.2, 0.25) is 0 Å². The standard InChI is InChI=1S/C29H31N5/c1-3-16-30-26(9-1)21-34(22-27-10-2-4-17-31-27)20-24-14-12-23(13-15-24)19-33-28-11-5-7-25-8-6-18-32-29(25)28/h1-4,6,8-10,12-18,28,33H,5,7,11,19-22H2. The van der Waals surface area contributed by atoms with E-state index in [9.17, 15) is 0 Å². The van der Waals surface area contributed by atoms with Gasteiger partial charge in [-0.2, -0.15) is 0 Å². The van der Waals surface area contributed by atoms with Gasteiger partial charge in [-0.1, -0.05) is 42.5 Å². The molecule has 0 fully saturated rings. The summed E-state index contributed by atoms with van der Waals surface area (Å²) in [6, 6.07) is 25.7. The highest BCUT2D eigenvalue weighted by molar-refractivity contribution is 5.27. The van der Waals surface area contributed by atoms with E-state index in [-0.39, 0.29) is 0 Å². The Morgan fingerprint density at radius 3 is 2.06 bits per heavy atom. The van der Waals surface area contributed by atoms with E-state index >= 15 is 0 Å². The Kier molecular flexibility index (Phi) is 7.34. The van der Waals surface area contributed by atoms with Gasteiger partial charge in [0.1, 0.15) is 0 Å². The molecule has 1 aromatic carbocycles. The number of hydrogen-bond acceptors (Lipinski definition) is 5. The number of pyridine rings is 3. The first kappa shape index (κ1) is 22.4. The van der Waals surface area contributed by atoms with Crippen molar-refractivity contribution in [3.8, 4) is 0 Å². The van der Waals surface area contributed by atoms with Crippen LogP contribution < -0.4 is 5.32 Å². The summed E-state index contributed by atoms with van der Waals surface area (Å²) in [6.07, 6.45) is 9.14. The average molecular weight is 450 g/mol. The molecule has 5 nitrogen and oxygen atoms in total. The van der Waals surface area contributed by atoms with Gasteiger partial charge in [-0.25, -0.2) is 0 Å². The normalized spacial score (nSPS) is 15.3. The summed E-state index contributed by atoms with van der Waals surface area (Å²) in [5.41, 5.74) is 7.35. The summed E-state index contributed by atoms with van der Waals surface area (Å²) in [5.74, 6) is 0. The van der Waals surface area contributed by atoms with Crippen LogP contribution in [-0.2, 0) is 32.6 Å². The number of rotatable bonds is 9. The van der Waals surface area contributed by atoms with E-state index in [1.54, 1.807) is 0 Å². The second kappa shape index (κ2) is 11.1. The fourth-order valence-electron chi connectivity index (χ4n) is 4.68. The lowest BCUT2D eigenvalue weighted by molar-refractivity contribution is 0.241. The first-order valence-corrected chi connectivity index (χ1v) is 12.1. The first-order chi connectivity index (χ1) is 16.8. The predicted octanol–water partition coefficient (Wildman–Crippen LogP) is 5.24. The largest absolute Gasteiger partial charge is 0.305 e. The van der Waals surface area contributed by atoms with Gasteiger partial charge in [0, 0.05) is 44.8 Å². The summed E-state index contributed by atoms with van der Waals surface area (Å²) >= 11 is 0. The molecule has 0 bridgehead atoms. The van der Waals surface area contributed by atoms with Crippen molar-refractivity contribution in [1.82, 2.24) is 25.2 Å². The zero-order valence-corrected chi connectivity index (χ0v) is 19.5. The quantitative estimate of drug-likeness (QED) is 0.379. The Hall–Kier alpha value is -3.41. The third kappa shape index (κ3) is 5.93. The molecule has 0 spiro atoms.